The molecular weight excluding hydrogens is 264 g/mol. The average Bonchev–Trinajstić information content (AvgIpc) is 2.39. The van der Waals surface area contributed by atoms with E-state index in [1.807, 2.05) is 11.9 Å². The molecule has 19 heavy (non-hydrogen) atoms. The van der Waals surface area contributed by atoms with Gasteiger partial charge in [0, 0.05) is 26.6 Å². The summed E-state index contributed by atoms with van der Waals surface area (Å²) in [6.45, 7) is 3.31. The molecule has 0 aliphatic carbocycles. The van der Waals surface area contributed by atoms with Gasteiger partial charge in [0.1, 0.15) is 0 Å². The molecule has 1 aliphatic heterocycles. The lowest BCUT2D eigenvalue weighted by Gasteiger charge is -2.27. The molecular formula is C14H29ClN2O2. The van der Waals surface area contributed by atoms with Crippen LogP contribution in [0.2, 0.25) is 0 Å². The lowest BCUT2D eigenvalue weighted by Crippen LogP contribution is -2.34. The number of carbonyl (C=O) groups excluding carboxylic acids is 1. The summed E-state index contributed by atoms with van der Waals surface area (Å²) in [6, 6.07) is 0. The highest BCUT2D eigenvalue weighted by Gasteiger charge is 2.18. The van der Waals surface area contributed by atoms with Crippen molar-refractivity contribution in [2.45, 2.75) is 44.9 Å². The van der Waals surface area contributed by atoms with Crippen molar-refractivity contribution in [2.75, 3.05) is 33.4 Å². The third-order valence-corrected chi connectivity index (χ3v) is 3.56. The molecule has 0 saturated carbocycles. The van der Waals surface area contributed by atoms with Crippen molar-refractivity contribution in [1.82, 2.24) is 4.90 Å². The molecule has 2 N–H and O–H groups in total. The van der Waals surface area contributed by atoms with Gasteiger partial charge in [0.2, 0.25) is 5.91 Å². The zero-order chi connectivity index (χ0) is 13.2. The van der Waals surface area contributed by atoms with Crippen molar-refractivity contribution in [3.63, 3.8) is 0 Å². The maximum Gasteiger partial charge on any atom is 0.222 e. The number of halogens is 1. The van der Waals surface area contributed by atoms with Gasteiger partial charge in [0.25, 0.3) is 0 Å². The van der Waals surface area contributed by atoms with Crippen molar-refractivity contribution in [3.05, 3.63) is 0 Å². The number of hydrogen-bond donors (Lipinski definition) is 1. The second kappa shape index (κ2) is 11.5. The number of rotatable bonds is 8. The highest BCUT2D eigenvalue weighted by molar-refractivity contribution is 5.85. The van der Waals surface area contributed by atoms with Crippen LogP contribution in [0.5, 0.6) is 0 Å². The minimum absolute atomic E-state index is 0. The molecule has 114 valence electrons. The van der Waals surface area contributed by atoms with E-state index in [-0.39, 0.29) is 18.3 Å². The van der Waals surface area contributed by atoms with Crippen LogP contribution in [0.15, 0.2) is 0 Å². The maximum absolute atomic E-state index is 11.9. The first-order valence-corrected chi connectivity index (χ1v) is 7.26. The minimum atomic E-state index is 0. The third-order valence-electron chi connectivity index (χ3n) is 3.56. The van der Waals surface area contributed by atoms with E-state index >= 15 is 0 Å². The summed E-state index contributed by atoms with van der Waals surface area (Å²) in [4.78, 5) is 13.8. The standard InChI is InChI=1S/C14H28N2O2.ClH/c1-16(11-13-7-6-10-18-12-13)14(17)8-4-2-3-5-9-15;/h13H,2-12,15H2,1H3;1H. The lowest BCUT2D eigenvalue weighted by atomic mass is 10.0. The molecule has 0 aromatic rings. The lowest BCUT2D eigenvalue weighted by molar-refractivity contribution is -0.131. The highest BCUT2D eigenvalue weighted by Crippen LogP contribution is 2.15. The number of unbranched alkanes of at least 4 members (excludes halogenated alkanes) is 3. The normalized spacial score (nSPS) is 18.7. The Morgan fingerprint density at radius 1 is 1.32 bits per heavy atom. The molecule has 1 heterocycles. The first-order valence-electron chi connectivity index (χ1n) is 7.26. The number of amides is 1. The molecule has 0 bridgehead atoms. The Kier molecular flexibility index (Phi) is 11.3. The van der Waals surface area contributed by atoms with E-state index in [4.69, 9.17) is 10.5 Å². The summed E-state index contributed by atoms with van der Waals surface area (Å²) in [7, 11) is 1.91. The van der Waals surface area contributed by atoms with Crippen molar-refractivity contribution in [3.8, 4) is 0 Å². The fraction of sp³-hybridized carbons (Fsp3) is 0.929. The largest absolute Gasteiger partial charge is 0.381 e. The van der Waals surface area contributed by atoms with Gasteiger partial charge in [0.05, 0.1) is 6.61 Å². The van der Waals surface area contributed by atoms with Crippen LogP contribution in [-0.4, -0.2) is 44.2 Å². The summed E-state index contributed by atoms with van der Waals surface area (Å²) in [6.07, 6.45) is 7.32. The van der Waals surface area contributed by atoms with Crippen LogP contribution in [0, 0.1) is 5.92 Å². The van der Waals surface area contributed by atoms with E-state index in [2.05, 4.69) is 0 Å². The number of ether oxygens (including phenoxy) is 1. The van der Waals surface area contributed by atoms with E-state index in [0.717, 1.165) is 58.4 Å². The van der Waals surface area contributed by atoms with E-state index in [9.17, 15) is 4.79 Å². The quantitative estimate of drug-likeness (QED) is 0.698. The van der Waals surface area contributed by atoms with Gasteiger partial charge in [-0.3, -0.25) is 4.79 Å². The number of nitrogens with zero attached hydrogens (tertiary/aromatic N) is 1. The molecule has 0 aromatic carbocycles. The van der Waals surface area contributed by atoms with Gasteiger partial charge >= 0.3 is 0 Å². The first-order chi connectivity index (χ1) is 8.74. The van der Waals surface area contributed by atoms with Gasteiger partial charge in [-0.1, -0.05) is 12.8 Å². The molecule has 1 atom stereocenters. The third kappa shape index (κ3) is 8.45. The van der Waals surface area contributed by atoms with Gasteiger partial charge in [-0.05, 0) is 38.1 Å². The molecule has 4 nitrogen and oxygen atoms in total. The van der Waals surface area contributed by atoms with Crippen molar-refractivity contribution >= 4 is 18.3 Å². The molecule has 1 aliphatic rings. The van der Waals surface area contributed by atoms with E-state index in [0.29, 0.717) is 12.3 Å². The van der Waals surface area contributed by atoms with Gasteiger partial charge < -0.3 is 15.4 Å². The molecule has 1 fully saturated rings. The molecule has 1 rings (SSSR count). The van der Waals surface area contributed by atoms with E-state index in [1.54, 1.807) is 0 Å². The number of nitrogens with two attached hydrogens (primary N) is 1. The number of carbonyl (C=O) groups is 1. The van der Waals surface area contributed by atoms with Crippen LogP contribution < -0.4 is 5.73 Å². The fourth-order valence-electron chi connectivity index (χ4n) is 2.41. The van der Waals surface area contributed by atoms with Gasteiger partial charge in [-0.2, -0.15) is 0 Å². The predicted octanol–water partition coefficient (Wildman–Crippen LogP) is 2.20. The van der Waals surface area contributed by atoms with Crippen LogP contribution in [0.3, 0.4) is 0 Å². The van der Waals surface area contributed by atoms with Gasteiger partial charge in [-0.15, -0.1) is 12.4 Å². The zero-order valence-corrected chi connectivity index (χ0v) is 12.9. The Morgan fingerprint density at radius 2 is 2.05 bits per heavy atom. The summed E-state index contributed by atoms with van der Waals surface area (Å²) in [5.41, 5.74) is 5.44. The van der Waals surface area contributed by atoms with Crippen LogP contribution in [0.1, 0.15) is 44.9 Å². The Morgan fingerprint density at radius 3 is 2.68 bits per heavy atom. The van der Waals surface area contributed by atoms with Crippen LogP contribution in [0.25, 0.3) is 0 Å². The molecule has 0 radical (unpaired) electrons. The SMILES string of the molecule is CN(CC1CCCOC1)C(=O)CCCCCCN.Cl. The van der Waals surface area contributed by atoms with E-state index < -0.39 is 0 Å². The monoisotopic (exact) mass is 292 g/mol. The average molecular weight is 293 g/mol. The first kappa shape index (κ1) is 18.7. The molecule has 1 unspecified atom stereocenters. The van der Waals surface area contributed by atoms with Crippen LogP contribution in [-0.2, 0) is 9.53 Å². The fourth-order valence-corrected chi connectivity index (χ4v) is 2.41. The second-order valence-electron chi connectivity index (χ2n) is 5.31. The molecule has 5 heteroatoms. The topological polar surface area (TPSA) is 55.6 Å². The highest BCUT2D eigenvalue weighted by atomic mass is 35.5. The molecule has 0 spiro atoms. The Balaban J connectivity index is 0.00000324. The smallest absolute Gasteiger partial charge is 0.222 e. The zero-order valence-electron chi connectivity index (χ0n) is 12.1. The summed E-state index contributed by atoms with van der Waals surface area (Å²) in [5, 5.41) is 0. The minimum Gasteiger partial charge on any atom is -0.381 e. The maximum atomic E-state index is 11.9. The van der Waals surface area contributed by atoms with Crippen molar-refractivity contribution in [1.29, 1.82) is 0 Å². The molecule has 1 saturated heterocycles. The summed E-state index contributed by atoms with van der Waals surface area (Å²) >= 11 is 0. The Labute approximate surface area is 123 Å². The second-order valence-corrected chi connectivity index (χ2v) is 5.31. The predicted molar refractivity (Wildman–Crippen MR) is 80.6 cm³/mol. The molecule has 1 amide bonds. The van der Waals surface area contributed by atoms with Gasteiger partial charge in [-0.25, -0.2) is 0 Å². The van der Waals surface area contributed by atoms with Crippen LogP contribution in [0.4, 0.5) is 0 Å². The van der Waals surface area contributed by atoms with Crippen molar-refractivity contribution in [2.24, 2.45) is 11.7 Å². The summed E-state index contributed by atoms with van der Waals surface area (Å²) in [5.74, 6) is 0.804. The Hall–Kier alpha value is -0.320. The van der Waals surface area contributed by atoms with Crippen LogP contribution >= 0.6 is 12.4 Å². The van der Waals surface area contributed by atoms with E-state index in [1.165, 1.54) is 6.42 Å². The molecule has 0 aromatic heterocycles. The Bertz CT molecular complexity index is 233. The van der Waals surface area contributed by atoms with Gasteiger partial charge in [0.15, 0.2) is 0 Å². The number of hydrogen-bond acceptors (Lipinski definition) is 3. The van der Waals surface area contributed by atoms with Crippen molar-refractivity contribution < 1.29 is 9.53 Å². The summed E-state index contributed by atoms with van der Waals surface area (Å²) < 4.78 is 5.44.